The normalized spacial score (nSPS) is 20.8. The number of nitrogens with one attached hydrogen (secondary N) is 1. The molecule has 4 rings (SSSR count). The van der Waals surface area contributed by atoms with E-state index in [0.717, 1.165) is 48.7 Å². The topological polar surface area (TPSA) is 52.2 Å². The highest BCUT2D eigenvalue weighted by molar-refractivity contribution is 5.76. The molecule has 1 atom stereocenters. The average molecular weight is 352 g/mol. The van der Waals surface area contributed by atoms with E-state index in [-0.39, 0.29) is 0 Å². The van der Waals surface area contributed by atoms with E-state index in [0.29, 0.717) is 24.8 Å². The Hall–Kier alpha value is -2.14. The second-order valence-electron chi connectivity index (χ2n) is 7.75. The molecule has 3 heterocycles. The molecule has 5 heteroatoms. The van der Waals surface area contributed by atoms with Crippen molar-refractivity contribution in [2.75, 3.05) is 26.7 Å². The first-order valence-electron chi connectivity index (χ1n) is 9.78. The van der Waals surface area contributed by atoms with Gasteiger partial charge in [-0.2, -0.15) is 0 Å². The highest BCUT2D eigenvalue weighted by atomic mass is 16.2. The molecule has 0 spiro atoms. The van der Waals surface area contributed by atoms with Gasteiger partial charge in [0.1, 0.15) is 5.82 Å². The molecule has 26 heavy (non-hydrogen) atoms. The van der Waals surface area contributed by atoms with Crippen LogP contribution in [0.5, 0.6) is 0 Å². The standard InChI is InChI=1S/C21H28N4O/c1-24-12-5-6-16(14-24)9-10-20(26)25-13-11-18-19(15-25)23-21(22-18)17-7-3-2-4-8-17/h2-4,7-8,16H,5-6,9-15H2,1H3,(H,22,23)/t16-/m0/s1. The number of carbonyl (C=O) groups excluding carboxylic acids is 1. The SMILES string of the molecule is CN1CCC[C@@H](CCC(=O)N2CCc3nc(-c4ccccc4)[nH]c3C2)C1. The molecule has 0 aliphatic carbocycles. The van der Waals surface area contributed by atoms with E-state index in [1.807, 2.05) is 23.1 Å². The summed E-state index contributed by atoms with van der Waals surface area (Å²) in [5.74, 6) is 1.88. The van der Waals surface area contributed by atoms with Crippen LogP contribution in [0.4, 0.5) is 0 Å². The van der Waals surface area contributed by atoms with Crippen LogP contribution in [0, 0.1) is 5.92 Å². The Morgan fingerprint density at radius 2 is 2.12 bits per heavy atom. The maximum atomic E-state index is 12.7. The molecule has 2 aromatic rings. The Bertz CT molecular complexity index is 755. The lowest BCUT2D eigenvalue weighted by molar-refractivity contribution is -0.132. The molecule has 1 fully saturated rings. The summed E-state index contributed by atoms with van der Waals surface area (Å²) in [6, 6.07) is 10.2. The monoisotopic (exact) mass is 352 g/mol. The van der Waals surface area contributed by atoms with Gasteiger partial charge in [0, 0.05) is 31.5 Å². The summed E-state index contributed by atoms with van der Waals surface area (Å²) in [5.41, 5.74) is 3.31. The van der Waals surface area contributed by atoms with E-state index in [2.05, 4.69) is 29.1 Å². The number of carbonyl (C=O) groups is 1. The Morgan fingerprint density at radius 1 is 1.27 bits per heavy atom. The number of fused-ring (bicyclic) bond motifs is 1. The number of H-pyrrole nitrogens is 1. The maximum absolute atomic E-state index is 12.7. The Morgan fingerprint density at radius 3 is 2.92 bits per heavy atom. The molecule has 0 saturated carbocycles. The molecule has 2 aliphatic heterocycles. The van der Waals surface area contributed by atoms with Crippen LogP contribution >= 0.6 is 0 Å². The number of hydrogen-bond acceptors (Lipinski definition) is 3. The van der Waals surface area contributed by atoms with Crippen molar-refractivity contribution < 1.29 is 4.79 Å². The summed E-state index contributed by atoms with van der Waals surface area (Å²) in [6.07, 6.45) is 5.07. The van der Waals surface area contributed by atoms with Crippen LogP contribution < -0.4 is 0 Å². The van der Waals surface area contributed by atoms with Crippen molar-refractivity contribution in [3.05, 3.63) is 41.7 Å². The number of amides is 1. The smallest absolute Gasteiger partial charge is 0.222 e. The molecule has 1 N–H and O–H groups in total. The van der Waals surface area contributed by atoms with Gasteiger partial charge in [0.25, 0.3) is 0 Å². The van der Waals surface area contributed by atoms with E-state index in [1.165, 1.54) is 19.4 Å². The van der Waals surface area contributed by atoms with Crippen LogP contribution in [0.1, 0.15) is 37.1 Å². The van der Waals surface area contributed by atoms with Crippen LogP contribution in [0.25, 0.3) is 11.4 Å². The van der Waals surface area contributed by atoms with E-state index in [4.69, 9.17) is 4.98 Å². The van der Waals surface area contributed by atoms with Gasteiger partial charge in [-0.15, -0.1) is 0 Å². The molecular formula is C21H28N4O. The fourth-order valence-corrected chi connectivity index (χ4v) is 4.23. The van der Waals surface area contributed by atoms with E-state index >= 15 is 0 Å². The van der Waals surface area contributed by atoms with Gasteiger partial charge in [-0.25, -0.2) is 4.98 Å². The number of aromatic nitrogens is 2. The van der Waals surface area contributed by atoms with Gasteiger partial charge in [0.15, 0.2) is 0 Å². The van der Waals surface area contributed by atoms with Crippen LogP contribution in [-0.4, -0.2) is 52.4 Å². The summed E-state index contributed by atoms with van der Waals surface area (Å²) >= 11 is 0. The number of benzene rings is 1. The Labute approximate surface area is 155 Å². The zero-order valence-corrected chi connectivity index (χ0v) is 15.6. The van der Waals surface area contributed by atoms with Gasteiger partial charge in [0.05, 0.1) is 17.9 Å². The number of piperidine rings is 1. The Balaban J connectivity index is 1.35. The van der Waals surface area contributed by atoms with Crippen molar-refractivity contribution in [2.45, 2.75) is 38.6 Å². The zero-order chi connectivity index (χ0) is 17.9. The van der Waals surface area contributed by atoms with Gasteiger partial charge in [-0.3, -0.25) is 4.79 Å². The number of nitrogens with zero attached hydrogens (tertiary/aromatic N) is 3. The molecule has 1 saturated heterocycles. The minimum atomic E-state index is 0.291. The van der Waals surface area contributed by atoms with Crippen LogP contribution in [0.2, 0.25) is 0 Å². The van der Waals surface area contributed by atoms with Gasteiger partial charge in [-0.05, 0) is 38.8 Å². The quantitative estimate of drug-likeness (QED) is 0.920. The van der Waals surface area contributed by atoms with Gasteiger partial charge < -0.3 is 14.8 Å². The van der Waals surface area contributed by atoms with Crippen molar-refractivity contribution in [3.63, 3.8) is 0 Å². The first-order chi connectivity index (χ1) is 12.7. The molecular weight excluding hydrogens is 324 g/mol. The number of imidazole rings is 1. The fourth-order valence-electron chi connectivity index (χ4n) is 4.23. The van der Waals surface area contributed by atoms with Crippen molar-refractivity contribution in [1.29, 1.82) is 0 Å². The number of hydrogen-bond donors (Lipinski definition) is 1. The highest BCUT2D eigenvalue weighted by Crippen LogP contribution is 2.24. The summed E-state index contributed by atoms with van der Waals surface area (Å²) in [4.78, 5) is 25.3. The third kappa shape index (κ3) is 3.83. The van der Waals surface area contributed by atoms with Crippen molar-refractivity contribution in [1.82, 2.24) is 19.8 Å². The molecule has 1 aromatic carbocycles. The minimum absolute atomic E-state index is 0.291. The van der Waals surface area contributed by atoms with E-state index in [9.17, 15) is 4.79 Å². The summed E-state index contributed by atoms with van der Waals surface area (Å²) in [7, 11) is 2.18. The molecule has 0 unspecified atom stereocenters. The zero-order valence-electron chi connectivity index (χ0n) is 15.6. The first-order valence-corrected chi connectivity index (χ1v) is 9.78. The number of rotatable bonds is 4. The minimum Gasteiger partial charge on any atom is -0.340 e. The van der Waals surface area contributed by atoms with Crippen molar-refractivity contribution >= 4 is 5.91 Å². The average Bonchev–Trinajstić information content (AvgIpc) is 3.10. The first kappa shape index (κ1) is 17.3. The second-order valence-corrected chi connectivity index (χ2v) is 7.75. The molecule has 1 amide bonds. The fraction of sp³-hybridized carbons (Fsp3) is 0.524. The van der Waals surface area contributed by atoms with E-state index < -0.39 is 0 Å². The predicted octanol–water partition coefficient (Wildman–Crippen LogP) is 3.08. The summed E-state index contributed by atoms with van der Waals surface area (Å²) in [5, 5.41) is 0. The van der Waals surface area contributed by atoms with Gasteiger partial charge in [0.2, 0.25) is 5.91 Å². The summed E-state index contributed by atoms with van der Waals surface area (Å²) in [6.45, 7) is 3.79. The van der Waals surface area contributed by atoms with E-state index in [1.54, 1.807) is 0 Å². The van der Waals surface area contributed by atoms with Gasteiger partial charge >= 0.3 is 0 Å². The predicted molar refractivity (Wildman–Crippen MR) is 103 cm³/mol. The molecule has 0 radical (unpaired) electrons. The van der Waals surface area contributed by atoms with Crippen LogP contribution in [0.3, 0.4) is 0 Å². The second kappa shape index (κ2) is 7.62. The highest BCUT2D eigenvalue weighted by Gasteiger charge is 2.25. The molecule has 0 bridgehead atoms. The third-order valence-corrected chi connectivity index (χ3v) is 5.72. The van der Waals surface area contributed by atoms with Crippen molar-refractivity contribution in [3.8, 4) is 11.4 Å². The van der Waals surface area contributed by atoms with Crippen LogP contribution in [0.15, 0.2) is 30.3 Å². The Kier molecular flexibility index (Phi) is 5.07. The van der Waals surface area contributed by atoms with Crippen molar-refractivity contribution in [2.24, 2.45) is 5.92 Å². The molecule has 2 aliphatic rings. The lowest BCUT2D eigenvalue weighted by Gasteiger charge is -2.31. The largest absolute Gasteiger partial charge is 0.340 e. The number of aromatic amines is 1. The van der Waals surface area contributed by atoms with Gasteiger partial charge in [-0.1, -0.05) is 30.3 Å². The van der Waals surface area contributed by atoms with Crippen LogP contribution in [-0.2, 0) is 17.8 Å². The maximum Gasteiger partial charge on any atom is 0.222 e. The lowest BCUT2D eigenvalue weighted by atomic mass is 9.93. The number of likely N-dealkylation sites (tertiary alicyclic amines) is 1. The lowest BCUT2D eigenvalue weighted by Crippen LogP contribution is -2.37. The third-order valence-electron chi connectivity index (χ3n) is 5.72. The molecule has 5 nitrogen and oxygen atoms in total. The molecule has 1 aromatic heterocycles. The summed E-state index contributed by atoms with van der Waals surface area (Å²) < 4.78 is 0. The molecule has 138 valence electrons.